The van der Waals surface area contributed by atoms with E-state index in [2.05, 4.69) is 36.2 Å². The summed E-state index contributed by atoms with van der Waals surface area (Å²) in [6.07, 6.45) is 4.97. The van der Waals surface area contributed by atoms with Crippen molar-refractivity contribution < 1.29 is 29.6 Å². The Morgan fingerprint density at radius 3 is 2.56 bits per heavy atom. The molecule has 0 fully saturated rings. The number of rotatable bonds is 6. The topological polar surface area (TPSA) is 192 Å². The van der Waals surface area contributed by atoms with Gasteiger partial charge in [0.2, 0.25) is 5.95 Å². The van der Waals surface area contributed by atoms with Crippen molar-refractivity contribution in [2.24, 2.45) is 0 Å². The van der Waals surface area contributed by atoms with Crippen LogP contribution in [0.5, 0.6) is 0 Å². The number of aromatic amines is 1. The number of thioether (sulfide) groups is 1. The number of aromatic nitrogens is 4. The van der Waals surface area contributed by atoms with Crippen LogP contribution in [0.3, 0.4) is 0 Å². The summed E-state index contributed by atoms with van der Waals surface area (Å²) >= 11 is 5.06. The van der Waals surface area contributed by atoms with Crippen LogP contribution in [0.25, 0.3) is 17.4 Å². The number of hydrogen-bond acceptors (Lipinski definition) is 11. The lowest BCUT2D eigenvalue weighted by Gasteiger charge is -2.04. The average molecular weight is 445 g/mol. The highest BCUT2D eigenvalue weighted by Crippen LogP contribution is 2.60. The molecule has 2 rings (SSSR count). The predicted molar refractivity (Wildman–Crippen MR) is 110 cm³/mol. The minimum atomic E-state index is -2.73. The second kappa shape index (κ2) is 13.0. The van der Waals surface area contributed by atoms with E-state index in [1.807, 2.05) is 6.26 Å². The van der Waals surface area contributed by atoms with E-state index < -0.39 is 7.15 Å². The molecule has 0 aromatic carbocycles. The number of imidazole rings is 1. The number of nitrogens with zero attached hydrogens (tertiary/aromatic N) is 3. The van der Waals surface area contributed by atoms with Gasteiger partial charge in [0.15, 0.2) is 16.3 Å². The molecule has 0 aliphatic carbocycles. The first-order valence-electron chi connectivity index (χ1n) is 7.16. The molecule has 15 heteroatoms. The molecule has 8 N–H and O–H groups in total. The van der Waals surface area contributed by atoms with Crippen LogP contribution in [0.4, 0.5) is 5.95 Å². The van der Waals surface area contributed by atoms with Gasteiger partial charge in [-0.05, 0) is 19.3 Å². The normalized spacial score (nSPS) is 12.9. The maximum Gasteiger partial charge on any atom is 0.475 e. The summed E-state index contributed by atoms with van der Waals surface area (Å²) in [6, 6.07) is 0. The maximum atomic E-state index is 11.6. The fourth-order valence-electron chi connectivity index (χ4n) is 1.63. The van der Waals surface area contributed by atoms with Crippen molar-refractivity contribution in [3.63, 3.8) is 0 Å². The molecule has 12 nitrogen and oxygen atoms in total. The van der Waals surface area contributed by atoms with E-state index in [1.165, 1.54) is 24.9 Å². The van der Waals surface area contributed by atoms with Crippen LogP contribution in [0.1, 0.15) is 6.92 Å². The minimum Gasteiger partial charge on any atom is -0.392 e. The summed E-state index contributed by atoms with van der Waals surface area (Å²) in [5, 5.41) is 20.4. The minimum absolute atomic E-state index is 0.0358. The van der Waals surface area contributed by atoms with E-state index in [0.717, 1.165) is 0 Å². The van der Waals surface area contributed by atoms with Crippen molar-refractivity contribution in [2.45, 2.75) is 12.1 Å². The molecule has 27 heavy (non-hydrogen) atoms. The molecule has 0 aliphatic heterocycles. The maximum absolute atomic E-state index is 11.6. The Hall–Kier alpha value is -1.22. The lowest BCUT2D eigenvalue weighted by Crippen LogP contribution is -2.11. The number of nitrogens with one attached hydrogen (secondary N) is 1. The number of aliphatic hydroxyl groups is 1. The lowest BCUT2D eigenvalue weighted by atomic mass is 10.5. The van der Waals surface area contributed by atoms with Gasteiger partial charge in [-0.1, -0.05) is 11.8 Å². The number of aliphatic hydroxyl groups excluding tert-OH is 1. The third kappa shape index (κ3) is 8.13. The number of hydrogen-bond donors (Lipinski definition) is 6. The van der Waals surface area contributed by atoms with Crippen molar-refractivity contribution in [3.05, 3.63) is 16.4 Å². The second-order valence-corrected chi connectivity index (χ2v) is 8.14. The Bertz CT molecular complexity index is 783. The van der Waals surface area contributed by atoms with Crippen molar-refractivity contribution in [3.8, 4) is 0 Å². The molecule has 0 spiro atoms. The van der Waals surface area contributed by atoms with Gasteiger partial charge in [0.1, 0.15) is 0 Å². The Morgan fingerprint density at radius 2 is 2.11 bits per heavy atom. The zero-order chi connectivity index (χ0) is 21.0. The molecule has 0 radical (unpaired) electrons. The van der Waals surface area contributed by atoms with Gasteiger partial charge in [-0.25, -0.2) is 4.98 Å². The Balaban J connectivity index is 0.000000574. The van der Waals surface area contributed by atoms with Gasteiger partial charge in [-0.2, -0.15) is 18.9 Å². The smallest absolute Gasteiger partial charge is 0.392 e. The number of fused-ring (bicyclic) bond motifs is 1. The molecule has 2 heterocycles. The highest BCUT2D eigenvalue weighted by atomic mass is 32.7. The number of nitrogens with two attached hydrogens (primary N) is 1. The second-order valence-electron chi connectivity index (χ2n) is 4.25. The van der Waals surface area contributed by atoms with Crippen LogP contribution in [-0.4, -0.2) is 66.6 Å². The fourth-order valence-corrected chi connectivity index (χ4v) is 2.95. The molecular formula is C12H24N5O7PS2+2. The van der Waals surface area contributed by atoms with E-state index >= 15 is 0 Å². The SMILES string of the molecule is CCO[P+](O)(S)OC.CSc1nc2c(=O)[nH]c(N)nc2n1C=CCO.O[OH2+]. The van der Waals surface area contributed by atoms with Gasteiger partial charge in [0.25, 0.3) is 5.56 Å². The van der Waals surface area contributed by atoms with E-state index in [4.69, 9.17) is 26.2 Å². The molecule has 2 aromatic rings. The summed E-state index contributed by atoms with van der Waals surface area (Å²) in [4.78, 5) is 31.1. The van der Waals surface area contributed by atoms with Crippen LogP contribution in [-0.2, 0) is 9.05 Å². The van der Waals surface area contributed by atoms with Crippen LogP contribution in [0, 0.1) is 0 Å². The Morgan fingerprint density at radius 1 is 1.48 bits per heavy atom. The largest absolute Gasteiger partial charge is 0.475 e. The van der Waals surface area contributed by atoms with Gasteiger partial charge in [-0.15, -0.1) is 5.26 Å². The van der Waals surface area contributed by atoms with Crippen LogP contribution < -0.4 is 11.3 Å². The van der Waals surface area contributed by atoms with Gasteiger partial charge in [0.05, 0.1) is 32.6 Å². The van der Waals surface area contributed by atoms with E-state index in [0.29, 0.717) is 17.4 Å². The van der Waals surface area contributed by atoms with Crippen LogP contribution >= 0.6 is 31.2 Å². The monoisotopic (exact) mass is 445 g/mol. The first-order chi connectivity index (χ1) is 12.8. The highest BCUT2D eigenvalue weighted by Gasteiger charge is 2.33. The summed E-state index contributed by atoms with van der Waals surface area (Å²) in [7, 11) is -1.37. The van der Waals surface area contributed by atoms with Crippen LogP contribution in [0.2, 0.25) is 0 Å². The van der Waals surface area contributed by atoms with Crippen molar-refractivity contribution in [1.29, 1.82) is 0 Å². The zero-order valence-electron chi connectivity index (χ0n) is 14.9. The third-order valence-corrected chi connectivity index (χ3v) is 5.17. The third-order valence-electron chi connectivity index (χ3n) is 2.61. The van der Waals surface area contributed by atoms with Gasteiger partial charge in [0, 0.05) is 6.20 Å². The van der Waals surface area contributed by atoms with Crippen molar-refractivity contribution in [1.82, 2.24) is 19.5 Å². The molecule has 0 saturated carbocycles. The average Bonchev–Trinajstić information content (AvgIpc) is 3.00. The zero-order valence-corrected chi connectivity index (χ0v) is 17.5. The first kappa shape index (κ1) is 25.8. The quantitative estimate of drug-likeness (QED) is 0.0902. The standard InChI is InChI=1S/C9H11N5O2S.C3H10O3PS.H2O2/c1-17-9-11-5-6(14(9)3-2-4-15)12-8(10)13-7(5)16;1-3-6-7(4,8)5-2;1-2/h2-3,15H,4H2,1H3,(H3,10,12,13,16);4,8H,3H2,1-2H3;1-2H/q;+1;/p+1. The fraction of sp³-hybridized carbons (Fsp3) is 0.417. The number of thiol groups is 1. The Labute approximate surface area is 164 Å². The molecule has 2 aromatic heterocycles. The van der Waals surface area contributed by atoms with E-state index in [-0.39, 0.29) is 23.6 Å². The molecule has 1 unspecified atom stereocenters. The number of anilines is 1. The van der Waals surface area contributed by atoms with Gasteiger partial charge < -0.3 is 10.8 Å². The summed E-state index contributed by atoms with van der Waals surface area (Å²) in [5.41, 5.74) is 5.71. The molecule has 0 amide bonds. The lowest BCUT2D eigenvalue weighted by molar-refractivity contribution is -0.176. The molecule has 0 aliphatic rings. The van der Waals surface area contributed by atoms with Crippen LogP contribution in [0.15, 0.2) is 16.0 Å². The molecule has 0 bridgehead atoms. The summed E-state index contributed by atoms with van der Waals surface area (Å²) in [6.45, 7) is 2.08. The van der Waals surface area contributed by atoms with Gasteiger partial charge >= 0.3 is 7.15 Å². The summed E-state index contributed by atoms with van der Waals surface area (Å²) < 4.78 is 10.8. The number of nitrogen functional groups attached to an aromatic ring is 1. The Kier molecular flexibility index (Phi) is 12.5. The first-order valence-corrected chi connectivity index (χ1v) is 11.1. The number of H-pyrrole nitrogens is 1. The molecular weight excluding hydrogens is 421 g/mol. The van der Waals surface area contributed by atoms with E-state index in [1.54, 1.807) is 17.7 Å². The predicted octanol–water partition coefficient (Wildman–Crippen LogP) is 0.340. The highest BCUT2D eigenvalue weighted by molar-refractivity contribution is 8.47. The molecule has 0 saturated heterocycles. The van der Waals surface area contributed by atoms with Gasteiger partial charge in [-0.3, -0.25) is 19.6 Å². The van der Waals surface area contributed by atoms with E-state index in [9.17, 15) is 4.79 Å². The molecule has 154 valence electrons. The van der Waals surface area contributed by atoms with Crippen molar-refractivity contribution in [2.75, 3.05) is 32.3 Å². The molecule has 1 atom stereocenters. The van der Waals surface area contributed by atoms with Crippen molar-refractivity contribution >= 4 is 54.5 Å². The summed E-state index contributed by atoms with van der Waals surface area (Å²) in [5.74, 6) is 0.0358.